The fourth-order valence-corrected chi connectivity index (χ4v) is 1.58. The molecule has 0 atom stereocenters. The molecule has 0 aromatic carbocycles. The number of amides is 2. The number of carbonyl (C=O) groups is 1. The fourth-order valence-electron chi connectivity index (χ4n) is 1.58. The van der Waals surface area contributed by atoms with E-state index in [1.165, 1.54) is 0 Å². The van der Waals surface area contributed by atoms with Gasteiger partial charge in [-0.15, -0.1) is 0 Å². The molecule has 0 aromatic heterocycles. The first-order chi connectivity index (χ1) is 5.88. The summed E-state index contributed by atoms with van der Waals surface area (Å²) in [6.45, 7) is 3.44. The van der Waals surface area contributed by atoms with Crippen LogP contribution in [0.3, 0.4) is 0 Å². The molecule has 2 heterocycles. The summed E-state index contributed by atoms with van der Waals surface area (Å²) in [6, 6.07) is 0.0463. The zero-order chi connectivity index (χ0) is 8.39. The van der Waals surface area contributed by atoms with Gasteiger partial charge >= 0.3 is 6.03 Å². The van der Waals surface area contributed by atoms with Gasteiger partial charge in [-0.05, 0) is 13.0 Å². The average Bonchev–Trinajstić information content (AvgIpc) is 2.53. The Morgan fingerprint density at radius 3 is 2.92 bits per heavy atom. The van der Waals surface area contributed by atoms with Crippen LogP contribution >= 0.6 is 0 Å². The number of carbonyl (C=O) groups excluding carboxylic acids is 1. The molecule has 0 unspecified atom stereocenters. The summed E-state index contributed by atoms with van der Waals surface area (Å²) in [6.07, 6.45) is 3.17. The molecule has 0 aliphatic carbocycles. The third-order valence-electron chi connectivity index (χ3n) is 2.21. The maximum Gasteiger partial charge on any atom is 0.321 e. The van der Waals surface area contributed by atoms with E-state index in [1.54, 1.807) is 0 Å². The Morgan fingerprint density at radius 1 is 1.42 bits per heavy atom. The molecule has 0 aromatic rings. The van der Waals surface area contributed by atoms with E-state index in [0.29, 0.717) is 0 Å². The molecule has 4 heteroatoms. The maximum atomic E-state index is 11.2. The van der Waals surface area contributed by atoms with Gasteiger partial charge in [0, 0.05) is 25.3 Å². The van der Waals surface area contributed by atoms with Gasteiger partial charge in [0.25, 0.3) is 0 Å². The number of nitrogens with one attached hydrogen (secondary N) is 2. The molecular weight excluding hydrogens is 154 g/mol. The molecule has 1 fully saturated rings. The van der Waals surface area contributed by atoms with Gasteiger partial charge in [-0.2, -0.15) is 0 Å². The molecule has 2 aliphatic heterocycles. The smallest absolute Gasteiger partial charge is 0.321 e. The first-order valence-corrected chi connectivity index (χ1v) is 4.33. The minimum absolute atomic E-state index is 0.0463. The van der Waals surface area contributed by atoms with Crippen LogP contribution in [0.15, 0.2) is 11.8 Å². The monoisotopic (exact) mass is 167 g/mol. The lowest BCUT2D eigenvalue weighted by atomic mass is 10.2. The minimum atomic E-state index is 0.0463. The van der Waals surface area contributed by atoms with Gasteiger partial charge in [0.15, 0.2) is 0 Å². The average molecular weight is 167 g/mol. The van der Waals surface area contributed by atoms with Crippen LogP contribution in [-0.4, -0.2) is 37.1 Å². The second-order valence-electron chi connectivity index (χ2n) is 3.04. The molecule has 0 spiro atoms. The lowest BCUT2D eigenvalue weighted by Gasteiger charge is -2.22. The summed E-state index contributed by atoms with van der Waals surface area (Å²) in [5, 5.41) is 6.03. The van der Waals surface area contributed by atoms with E-state index in [2.05, 4.69) is 16.7 Å². The first-order valence-electron chi connectivity index (χ1n) is 4.33. The van der Waals surface area contributed by atoms with Gasteiger partial charge in [-0.25, -0.2) is 4.79 Å². The Labute approximate surface area is 71.6 Å². The van der Waals surface area contributed by atoms with Gasteiger partial charge in [0.05, 0.1) is 0 Å². The number of urea groups is 1. The zero-order valence-electron chi connectivity index (χ0n) is 6.97. The van der Waals surface area contributed by atoms with E-state index >= 15 is 0 Å². The lowest BCUT2D eigenvalue weighted by Crippen LogP contribution is -2.35. The van der Waals surface area contributed by atoms with E-state index < -0.39 is 0 Å². The van der Waals surface area contributed by atoms with Crippen molar-refractivity contribution in [2.24, 2.45) is 0 Å². The molecule has 2 amide bonds. The topological polar surface area (TPSA) is 44.4 Å². The zero-order valence-corrected chi connectivity index (χ0v) is 6.97. The lowest BCUT2D eigenvalue weighted by molar-refractivity contribution is 0.226. The fraction of sp³-hybridized carbons (Fsp3) is 0.625. The standard InChI is InChI=1S/C8H13N3O/c12-8-10-4-5-11(8)7-2-1-3-9-6-7/h2,9H,1,3-6H2,(H,10,12). The normalized spacial score (nSPS) is 23.8. The highest BCUT2D eigenvalue weighted by molar-refractivity contribution is 5.78. The van der Waals surface area contributed by atoms with E-state index in [9.17, 15) is 4.79 Å². The first kappa shape index (κ1) is 7.61. The summed E-state index contributed by atoms with van der Waals surface area (Å²) in [5.41, 5.74) is 1.12. The molecule has 12 heavy (non-hydrogen) atoms. The predicted molar refractivity (Wildman–Crippen MR) is 45.7 cm³/mol. The van der Waals surface area contributed by atoms with Gasteiger partial charge in [-0.1, -0.05) is 6.08 Å². The molecule has 2 aliphatic rings. The van der Waals surface area contributed by atoms with Crippen LogP contribution in [-0.2, 0) is 0 Å². The second-order valence-corrected chi connectivity index (χ2v) is 3.04. The molecule has 66 valence electrons. The quantitative estimate of drug-likeness (QED) is 0.572. The Morgan fingerprint density at radius 2 is 2.33 bits per heavy atom. The number of nitrogens with zero attached hydrogens (tertiary/aromatic N) is 1. The Kier molecular flexibility index (Phi) is 1.99. The molecule has 1 saturated heterocycles. The van der Waals surface area contributed by atoms with Gasteiger partial charge < -0.3 is 10.6 Å². The minimum Gasteiger partial charge on any atom is -0.336 e. The molecular formula is C8H13N3O. The van der Waals surface area contributed by atoms with Crippen LogP contribution in [0, 0.1) is 0 Å². The summed E-state index contributed by atoms with van der Waals surface area (Å²) < 4.78 is 0. The maximum absolute atomic E-state index is 11.2. The highest BCUT2D eigenvalue weighted by Gasteiger charge is 2.23. The molecule has 2 rings (SSSR count). The predicted octanol–water partition coefficient (Wildman–Crippen LogP) is -0.111. The summed E-state index contributed by atoms with van der Waals surface area (Å²) in [5.74, 6) is 0. The highest BCUT2D eigenvalue weighted by Crippen LogP contribution is 2.10. The highest BCUT2D eigenvalue weighted by atomic mass is 16.2. The van der Waals surface area contributed by atoms with Crippen molar-refractivity contribution in [3.05, 3.63) is 11.8 Å². The van der Waals surface area contributed by atoms with Crippen LogP contribution in [0.5, 0.6) is 0 Å². The van der Waals surface area contributed by atoms with Crippen LogP contribution < -0.4 is 10.6 Å². The van der Waals surface area contributed by atoms with Crippen molar-refractivity contribution in [3.8, 4) is 0 Å². The third-order valence-corrected chi connectivity index (χ3v) is 2.21. The van der Waals surface area contributed by atoms with Gasteiger partial charge in [0.2, 0.25) is 0 Å². The van der Waals surface area contributed by atoms with Crippen LogP contribution in [0.25, 0.3) is 0 Å². The molecule has 0 radical (unpaired) electrons. The van der Waals surface area contributed by atoms with Crippen molar-refractivity contribution in [2.75, 3.05) is 26.2 Å². The van der Waals surface area contributed by atoms with E-state index in [4.69, 9.17) is 0 Å². The van der Waals surface area contributed by atoms with E-state index in [0.717, 1.165) is 38.3 Å². The molecule has 2 N–H and O–H groups in total. The summed E-state index contributed by atoms with van der Waals surface area (Å²) in [7, 11) is 0. The summed E-state index contributed by atoms with van der Waals surface area (Å²) >= 11 is 0. The Balaban J connectivity index is 2.07. The molecule has 4 nitrogen and oxygen atoms in total. The van der Waals surface area contributed by atoms with Crippen molar-refractivity contribution in [1.29, 1.82) is 0 Å². The van der Waals surface area contributed by atoms with Gasteiger partial charge in [-0.3, -0.25) is 4.90 Å². The Bertz CT molecular complexity index is 224. The number of hydrogen-bond acceptors (Lipinski definition) is 2. The van der Waals surface area contributed by atoms with Crippen LogP contribution in [0.4, 0.5) is 4.79 Å². The third kappa shape index (κ3) is 1.30. The Hall–Kier alpha value is -1.03. The van der Waals surface area contributed by atoms with Crippen molar-refractivity contribution in [1.82, 2.24) is 15.5 Å². The number of hydrogen-bond donors (Lipinski definition) is 2. The second kappa shape index (κ2) is 3.15. The summed E-state index contributed by atoms with van der Waals surface area (Å²) in [4.78, 5) is 13.0. The van der Waals surface area contributed by atoms with Crippen molar-refractivity contribution >= 4 is 6.03 Å². The van der Waals surface area contributed by atoms with Crippen molar-refractivity contribution in [2.45, 2.75) is 6.42 Å². The van der Waals surface area contributed by atoms with E-state index in [1.807, 2.05) is 4.90 Å². The van der Waals surface area contributed by atoms with Crippen LogP contribution in [0.1, 0.15) is 6.42 Å². The van der Waals surface area contributed by atoms with Crippen molar-refractivity contribution in [3.63, 3.8) is 0 Å². The van der Waals surface area contributed by atoms with Crippen LogP contribution in [0.2, 0.25) is 0 Å². The van der Waals surface area contributed by atoms with Crippen molar-refractivity contribution < 1.29 is 4.79 Å². The SMILES string of the molecule is O=C1NCCN1C1=CCCNC1. The molecule has 0 bridgehead atoms. The van der Waals surface area contributed by atoms with E-state index in [-0.39, 0.29) is 6.03 Å². The van der Waals surface area contributed by atoms with Gasteiger partial charge in [0.1, 0.15) is 0 Å². The number of rotatable bonds is 1. The largest absolute Gasteiger partial charge is 0.336 e. The molecule has 0 saturated carbocycles.